The van der Waals surface area contributed by atoms with E-state index in [1.807, 2.05) is 30.3 Å². The minimum absolute atomic E-state index is 0.0779. The third kappa shape index (κ3) is 8.30. The molecule has 9 heteroatoms. The number of rotatable bonds is 8. The first-order valence-corrected chi connectivity index (χ1v) is 8.23. The number of hydrogen-bond donors (Lipinski definition) is 2. The van der Waals surface area contributed by atoms with E-state index in [1.165, 1.54) is 12.3 Å². The van der Waals surface area contributed by atoms with Crippen LogP contribution in [-0.4, -0.2) is 43.9 Å². The Morgan fingerprint density at radius 2 is 1.89 bits per heavy atom. The van der Waals surface area contributed by atoms with Crippen LogP contribution in [0.5, 0.6) is 11.6 Å². The maximum Gasteiger partial charge on any atom is 0.422 e. The van der Waals surface area contributed by atoms with Gasteiger partial charge in [0.2, 0.25) is 5.88 Å². The minimum Gasteiger partial charge on any atom is -0.492 e. The number of halogens is 3. The number of aliphatic imine (C=N–C) groups is 1. The summed E-state index contributed by atoms with van der Waals surface area (Å²) in [7, 11) is 1.62. The molecule has 0 aliphatic rings. The summed E-state index contributed by atoms with van der Waals surface area (Å²) in [6, 6.07) is 12.6. The molecule has 1 aromatic carbocycles. The minimum atomic E-state index is -4.40. The Kier molecular flexibility index (Phi) is 7.72. The van der Waals surface area contributed by atoms with Gasteiger partial charge in [-0.05, 0) is 23.8 Å². The van der Waals surface area contributed by atoms with Crippen LogP contribution in [0.4, 0.5) is 13.2 Å². The highest BCUT2D eigenvalue weighted by atomic mass is 19.4. The molecule has 0 atom stereocenters. The molecule has 0 aliphatic carbocycles. The third-order valence-electron chi connectivity index (χ3n) is 3.27. The smallest absolute Gasteiger partial charge is 0.422 e. The maximum atomic E-state index is 12.2. The molecule has 1 heterocycles. The van der Waals surface area contributed by atoms with Gasteiger partial charge in [-0.15, -0.1) is 0 Å². The lowest BCUT2D eigenvalue weighted by atomic mass is 10.2. The summed E-state index contributed by atoms with van der Waals surface area (Å²) < 4.78 is 46.8. The Balaban J connectivity index is 1.73. The molecule has 0 bridgehead atoms. The van der Waals surface area contributed by atoms with E-state index in [9.17, 15) is 13.2 Å². The van der Waals surface area contributed by atoms with Crippen LogP contribution in [0.3, 0.4) is 0 Å². The van der Waals surface area contributed by atoms with E-state index in [4.69, 9.17) is 4.74 Å². The van der Waals surface area contributed by atoms with Crippen LogP contribution >= 0.6 is 0 Å². The lowest BCUT2D eigenvalue weighted by molar-refractivity contribution is -0.154. The van der Waals surface area contributed by atoms with Crippen molar-refractivity contribution in [3.63, 3.8) is 0 Å². The number of alkyl halides is 3. The zero-order chi connectivity index (χ0) is 19.5. The van der Waals surface area contributed by atoms with E-state index in [1.54, 1.807) is 13.1 Å². The molecule has 0 amide bonds. The van der Waals surface area contributed by atoms with E-state index >= 15 is 0 Å². The largest absolute Gasteiger partial charge is 0.492 e. The van der Waals surface area contributed by atoms with E-state index in [0.29, 0.717) is 31.2 Å². The zero-order valence-electron chi connectivity index (χ0n) is 14.8. The maximum absolute atomic E-state index is 12.2. The second-order valence-corrected chi connectivity index (χ2v) is 5.42. The lowest BCUT2D eigenvalue weighted by Gasteiger charge is -2.13. The monoisotopic (exact) mass is 382 g/mol. The Hall–Kier alpha value is -2.97. The van der Waals surface area contributed by atoms with Crippen LogP contribution in [0.25, 0.3) is 0 Å². The number of para-hydroxylation sites is 1. The topological polar surface area (TPSA) is 67.8 Å². The Morgan fingerprint density at radius 3 is 2.59 bits per heavy atom. The fourth-order valence-electron chi connectivity index (χ4n) is 2.06. The van der Waals surface area contributed by atoms with E-state index in [2.05, 4.69) is 25.3 Å². The highest BCUT2D eigenvalue weighted by molar-refractivity contribution is 5.79. The number of ether oxygens (including phenoxy) is 2. The predicted octanol–water partition coefficient (Wildman–Crippen LogP) is 2.77. The van der Waals surface area contributed by atoms with Crippen molar-refractivity contribution in [1.82, 2.24) is 15.6 Å². The molecule has 0 fully saturated rings. The number of nitrogens with zero attached hydrogens (tertiary/aromatic N) is 2. The molecule has 2 rings (SSSR count). The van der Waals surface area contributed by atoms with Crippen LogP contribution in [0, 0.1) is 0 Å². The third-order valence-corrected chi connectivity index (χ3v) is 3.27. The fourth-order valence-corrected chi connectivity index (χ4v) is 2.06. The van der Waals surface area contributed by atoms with Crippen molar-refractivity contribution < 1.29 is 22.6 Å². The number of aromatic nitrogens is 1. The first-order chi connectivity index (χ1) is 13.0. The van der Waals surface area contributed by atoms with Crippen molar-refractivity contribution in [3.8, 4) is 11.6 Å². The highest BCUT2D eigenvalue weighted by Gasteiger charge is 2.28. The summed E-state index contributed by atoms with van der Waals surface area (Å²) >= 11 is 0. The van der Waals surface area contributed by atoms with Gasteiger partial charge in [0.1, 0.15) is 12.4 Å². The van der Waals surface area contributed by atoms with E-state index in [0.717, 1.165) is 5.75 Å². The van der Waals surface area contributed by atoms with Gasteiger partial charge in [-0.1, -0.05) is 18.2 Å². The molecule has 2 N–H and O–H groups in total. The summed E-state index contributed by atoms with van der Waals surface area (Å²) in [5, 5.41) is 6.15. The van der Waals surface area contributed by atoms with Crippen molar-refractivity contribution in [1.29, 1.82) is 0 Å². The van der Waals surface area contributed by atoms with Gasteiger partial charge in [0, 0.05) is 25.9 Å². The van der Waals surface area contributed by atoms with Crippen LogP contribution in [0.1, 0.15) is 5.56 Å². The van der Waals surface area contributed by atoms with Gasteiger partial charge in [-0.25, -0.2) is 4.98 Å². The first kappa shape index (κ1) is 20.3. The SMILES string of the molecule is CN=C(NCCOc1ccccc1)NCc1ccnc(OCC(F)(F)F)c1. The summed E-state index contributed by atoms with van der Waals surface area (Å²) in [6.07, 6.45) is -3.00. The molecule has 0 radical (unpaired) electrons. The molecule has 0 spiro atoms. The van der Waals surface area contributed by atoms with Gasteiger partial charge in [0.25, 0.3) is 0 Å². The molecule has 0 saturated carbocycles. The van der Waals surface area contributed by atoms with E-state index < -0.39 is 12.8 Å². The van der Waals surface area contributed by atoms with Crippen LogP contribution in [0.15, 0.2) is 53.7 Å². The lowest BCUT2D eigenvalue weighted by Crippen LogP contribution is -2.38. The van der Waals surface area contributed by atoms with E-state index in [-0.39, 0.29) is 5.88 Å². The normalized spacial score (nSPS) is 11.8. The summed E-state index contributed by atoms with van der Waals surface area (Å²) in [4.78, 5) is 7.85. The number of nitrogens with one attached hydrogen (secondary N) is 2. The molecular weight excluding hydrogens is 361 g/mol. The number of hydrogen-bond acceptors (Lipinski definition) is 4. The number of guanidine groups is 1. The molecular formula is C18H21F3N4O2. The van der Waals surface area contributed by atoms with Crippen LogP contribution in [0.2, 0.25) is 0 Å². The molecule has 6 nitrogen and oxygen atoms in total. The van der Waals surface area contributed by atoms with Gasteiger partial charge >= 0.3 is 6.18 Å². The summed E-state index contributed by atoms with van der Waals surface area (Å²) in [5.41, 5.74) is 0.714. The van der Waals surface area contributed by atoms with Crippen LogP contribution < -0.4 is 20.1 Å². The van der Waals surface area contributed by atoms with Crippen molar-refractivity contribution >= 4 is 5.96 Å². The number of benzene rings is 1. The molecule has 1 aromatic heterocycles. The van der Waals surface area contributed by atoms with Crippen molar-refractivity contribution in [2.75, 3.05) is 26.8 Å². The van der Waals surface area contributed by atoms with Crippen molar-refractivity contribution in [2.24, 2.45) is 4.99 Å². The van der Waals surface area contributed by atoms with Gasteiger partial charge in [0.15, 0.2) is 12.6 Å². The van der Waals surface area contributed by atoms with Crippen molar-refractivity contribution in [2.45, 2.75) is 12.7 Å². The molecule has 0 saturated heterocycles. The number of pyridine rings is 1. The Morgan fingerprint density at radius 1 is 1.11 bits per heavy atom. The Labute approximate surface area is 155 Å². The van der Waals surface area contributed by atoms with Crippen LogP contribution in [-0.2, 0) is 6.54 Å². The molecule has 0 aliphatic heterocycles. The van der Waals surface area contributed by atoms with Gasteiger partial charge in [-0.3, -0.25) is 4.99 Å². The molecule has 0 unspecified atom stereocenters. The predicted molar refractivity (Wildman–Crippen MR) is 95.9 cm³/mol. The highest BCUT2D eigenvalue weighted by Crippen LogP contribution is 2.17. The zero-order valence-corrected chi connectivity index (χ0v) is 14.8. The molecule has 2 aromatic rings. The summed E-state index contributed by atoms with van der Waals surface area (Å²) in [5.74, 6) is 1.25. The quantitative estimate of drug-likeness (QED) is 0.418. The van der Waals surface area contributed by atoms with Crippen molar-refractivity contribution in [3.05, 3.63) is 54.2 Å². The standard InChI is InChI=1S/C18H21F3N4O2/c1-22-17(24-9-10-26-15-5-3-2-4-6-15)25-12-14-7-8-23-16(11-14)27-13-18(19,20)21/h2-8,11H,9-10,12-13H2,1H3,(H2,22,24,25). The Bertz CT molecular complexity index is 724. The average molecular weight is 382 g/mol. The average Bonchev–Trinajstić information content (AvgIpc) is 2.66. The van der Waals surface area contributed by atoms with Gasteiger partial charge in [-0.2, -0.15) is 13.2 Å². The summed E-state index contributed by atoms with van der Waals surface area (Å²) in [6.45, 7) is -0.0358. The second-order valence-electron chi connectivity index (χ2n) is 5.42. The first-order valence-electron chi connectivity index (χ1n) is 8.23. The molecule has 27 heavy (non-hydrogen) atoms. The van der Waals surface area contributed by atoms with Gasteiger partial charge in [0.05, 0.1) is 6.54 Å². The van der Waals surface area contributed by atoms with Gasteiger partial charge < -0.3 is 20.1 Å². The fraction of sp³-hybridized carbons (Fsp3) is 0.333. The second kappa shape index (κ2) is 10.2. The molecule has 146 valence electrons.